The van der Waals surface area contributed by atoms with E-state index in [1.807, 2.05) is 50.5 Å². The standard InChI is InChI=1S/C18H23N5OS/c1-4-23(11-19)17(24)16(22-18(25)21-12(2)3)9-13-10-20-15-8-6-5-7-14(13)15/h5-8,10,12,16,20H,4,9H2,1-3H3,(H2,21,22,25). The number of aromatic nitrogens is 1. The summed E-state index contributed by atoms with van der Waals surface area (Å²) >= 11 is 5.29. The van der Waals surface area contributed by atoms with Gasteiger partial charge in [0.05, 0.1) is 0 Å². The van der Waals surface area contributed by atoms with Crippen molar-refractivity contribution in [3.05, 3.63) is 36.0 Å². The molecular formula is C18H23N5OS. The van der Waals surface area contributed by atoms with Gasteiger partial charge in [-0.3, -0.25) is 4.79 Å². The molecule has 0 aliphatic heterocycles. The first kappa shape index (κ1) is 18.7. The minimum Gasteiger partial charge on any atom is -0.361 e. The zero-order valence-electron chi connectivity index (χ0n) is 14.7. The van der Waals surface area contributed by atoms with Crippen LogP contribution >= 0.6 is 12.2 Å². The molecule has 0 saturated carbocycles. The highest BCUT2D eigenvalue weighted by Gasteiger charge is 2.25. The van der Waals surface area contributed by atoms with E-state index >= 15 is 0 Å². The molecule has 0 aliphatic rings. The summed E-state index contributed by atoms with van der Waals surface area (Å²) in [7, 11) is 0. The normalized spacial score (nSPS) is 11.8. The molecule has 1 aromatic heterocycles. The highest BCUT2D eigenvalue weighted by Crippen LogP contribution is 2.19. The van der Waals surface area contributed by atoms with Gasteiger partial charge in [0.2, 0.25) is 0 Å². The van der Waals surface area contributed by atoms with Gasteiger partial charge in [-0.25, -0.2) is 4.90 Å². The van der Waals surface area contributed by atoms with Crippen LogP contribution in [-0.2, 0) is 11.2 Å². The number of aromatic amines is 1. The van der Waals surface area contributed by atoms with Gasteiger partial charge < -0.3 is 15.6 Å². The summed E-state index contributed by atoms with van der Waals surface area (Å²) in [6.45, 7) is 6.04. The van der Waals surface area contributed by atoms with Crippen LogP contribution in [0.2, 0.25) is 0 Å². The molecule has 0 fully saturated rings. The average Bonchev–Trinajstić information content (AvgIpc) is 2.97. The van der Waals surface area contributed by atoms with Crippen LogP contribution in [0.1, 0.15) is 26.3 Å². The topological polar surface area (TPSA) is 84.0 Å². The number of carbonyl (C=O) groups is 1. The highest BCUT2D eigenvalue weighted by molar-refractivity contribution is 7.80. The maximum atomic E-state index is 12.7. The van der Waals surface area contributed by atoms with Gasteiger partial charge in [0, 0.05) is 36.1 Å². The lowest BCUT2D eigenvalue weighted by molar-refractivity contribution is -0.129. The fourth-order valence-electron chi connectivity index (χ4n) is 2.65. The van der Waals surface area contributed by atoms with Gasteiger partial charge in [-0.15, -0.1) is 0 Å². The number of carbonyl (C=O) groups excluding carboxylic acids is 1. The second-order valence-corrected chi connectivity index (χ2v) is 6.48. The summed E-state index contributed by atoms with van der Waals surface area (Å²) in [5.74, 6) is -0.289. The van der Waals surface area contributed by atoms with Crippen molar-refractivity contribution in [2.75, 3.05) is 6.54 Å². The van der Waals surface area contributed by atoms with Gasteiger partial charge in [0.25, 0.3) is 5.91 Å². The third-order valence-electron chi connectivity index (χ3n) is 3.83. The summed E-state index contributed by atoms with van der Waals surface area (Å²) in [6.07, 6.45) is 4.26. The largest absolute Gasteiger partial charge is 0.361 e. The number of H-pyrrole nitrogens is 1. The van der Waals surface area contributed by atoms with Crippen molar-refractivity contribution < 1.29 is 4.79 Å². The van der Waals surface area contributed by atoms with Crippen molar-refractivity contribution in [2.24, 2.45) is 0 Å². The molecule has 6 nitrogen and oxygen atoms in total. The number of thiocarbonyl (C=S) groups is 1. The smallest absolute Gasteiger partial charge is 0.258 e. The maximum Gasteiger partial charge on any atom is 0.258 e. The van der Waals surface area contributed by atoms with Crippen molar-refractivity contribution >= 4 is 34.1 Å². The van der Waals surface area contributed by atoms with Crippen LogP contribution in [0, 0.1) is 11.5 Å². The SMILES string of the molecule is CCN(C#N)C(=O)C(Cc1c[nH]c2ccccc12)NC(=S)NC(C)C. The van der Waals surface area contributed by atoms with Gasteiger partial charge in [-0.05, 0) is 44.6 Å². The van der Waals surface area contributed by atoms with E-state index in [2.05, 4.69) is 15.6 Å². The second kappa shape index (κ2) is 8.49. The average molecular weight is 357 g/mol. The molecule has 0 radical (unpaired) electrons. The van der Waals surface area contributed by atoms with Crippen LogP contribution in [-0.4, -0.2) is 39.5 Å². The Bertz CT molecular complexity index is 792. The number of rotatable bonds is 6. The van der Waals surface area contributed by atoms with Crippen LogP contribution in [0.5, 0.6) is 0 Å². The zero-order valence-corrected chi connectivity index (χ0v) is 15.5. The number of nitrogens with zero attached hydrogens (tertiary/aromatic N) is 2. The van der Waals surface area contributed by atoms with E-state index < -0.39 is 6.04 Å². The predicted molar refractivity (Wildman–Crippen MR) is 103 cm³/mol. The fourth-order valence-corrected chi connectivity index (χ4v) is 3.02. The van der Waals surface area contributed by atoms with Gasteiger partial charge in [0.1, 0.15) is 6.04 Å². The van der Waals surface area contributed by atoms with Crippen LogP contribution in [0.4, 0.5) is 0 Å². The van der Waals surface area contributed by atoms with Crippen molar-refractivity contribution in [3.8, 4) is 6.19 Å². The molecule has 3 N–H and O–H groups in total. The number of hydrogen-bond acceptors (Lipinski definition) is 3. The summed E-state index contributed by atoms with van der Waals surface area (Å²) in [5.41, 5.74) is 2.02. The minimum absolute atomic E-state index is 0.155. The Kier molecular flexibility index (Phi) is 6.37. The summed E-state index contributed by atoms with van der Waals surface area (Å²) in [5, 5.41) is 16.8. The molecule has 132 valence electrons. The quantitative estimate of drug-likeness (QED) is 0.420. The first-order chi connectivity index (χ1) is 12.0. The molecule has 0 aliphatic carbocycles. The molecule has 1 atom stereocenters. The molecule has 2 aromatic rings. The van der Waals surface area contributed by atoms with E-state index in [1.165, 1.54) is 0 Å². The van der Waals surface area contributed by atoms with E-state index in [1.54, 1.807) is 6.92 Å². The molecule has 1 heterocycles. The number of likely N-dealkylation sites (N-methyl/N-ethyl adjacent to an activating group) is 1. The third kappa shape index (κ3) is 4.70. The minimum atomic E-state index is -0.613. The number of nitrogens with one attached hydrogen (secondary N) is 3. The maximum absolute atomic E-state index is 12.7. The van der Waals surface area contributed by atoms with Gasteiger partial charge >= 0.3 is 0 Å². The highest BCUT2D eigenvalue weighted by atomic mass is 32.1. The zero-order chi connectivity index (χ0) is 18.4. The Morgan fingerprint density at radius 1 is 1.36 bits per heavy atom. The number of nitriles is 1. The molecule has 1 amide bonds. The molecule has 0 bridgehead atoms. The Morgan fingerprint density at radius 2 is 2.08 bits per heavy atom. The Balaban J connectivity index is 2.26. The van der Waals surface area contributed by atoms with Crippen LogP contribution in [0.3, 0.4) is 0 Å². The van der Waals surface area contributed by atoms with E-state index in [0.29, 0.717) is 18.1 Å². The summed E-state index contributed by atoms with van der Waals surface area (Å²) in [6, 6.07) is 7.46. The van der Waals surface area contributed by atoms with Gasteiger partial charge in [-0.2, -0.15) is 5.26 Å². The van der Waals surface area contributed by atoms with Crippen LogP contribution in [0.15, 0.2) is 30.5 Å². The van der Waals surface area contributed by atoms with Gasteiger partial charge in [0.15, 0.2) is 11.3 Å². The summed E-state index contributed by atoms with van der Waals surface area (Å²) in [4.78, 5) is 17.1. The molecule has 1 unspecified atom stereocenters. The van der Waals surface area contributed by atoms with E-state index in [4.69, 9.17) is 12.2 Å². The molecule has 2 rings (SSSR count). The summed E-state index contributed by atoms with van der Waals surface area (Å²) < 4.78 is 0. The lowest BCUT2D eigenvalue weighted by Gasteiger charge is -2.24. The number of fused-ring (bicyclic) bond motifs is 1. The van der Waals surface area contributed by atoms with Crippen LogP contribution in [0.25, 0.3) is 10.9 Å². The van der Waals surface area contributed by atoms with E-state index in [0.717, 1.165) is 21.4 Å². The van der Waals surface area contributed by atoms with E-state index in [-0.39, 0.29) is 11.9 Å². The first-order valence-corrected chi connectivity index (χ1v) is 8.70. The molecule has 1 aromatic carbocycles. The van der Waals surface area contributed by atoms with Crippen molar-refractivity contribution in [3.63, 3.8) is 0 Å². The van der Waals surface area contributed by atoms with E-state index in [9.17, 15) is 10.1 Å². The monoisotopic (exact) mass is 357 g/mol. The third-order valence-corrected chi connectivity index (χ3v) is 4.06. The number of amides is 1. The molecule has 7 heteroatoms. The molecule has 25 heavy (non-hydrogen) atoms. The van der Waals surface area contributed by atoms with Crippen LogP contribution < -0.4 is 10.6 Å². The van der Waals surface area contributed by atoms with Crippen molar-refractivity contribution in [2.45, 2.75) is 39.3 Å². The van der Waals surface area contributed by atoms with Crippen molar-refractivity contribution in [1.82, 2.24) is 20.5 Å². The van der Waals surface area contributed by atoms with Gasteiger partial charge in [-0.1, -0.05) is 18.2 Å². The second-order valence-electron chi connectivity index (χ2n) is 6.07. The fraction of sp³-hybridized carbons (Fsp3) is 0.389. The lowest BCUT2D eigenvalue weighted by atomic mass is 10.0. The Hall–Kier alpha value is -2.59. The molecular weight excluding hydrogens is 334 g/mol. The number of hydrogen-bond donors (Lipinski definition) is 3. The lowest BCUT2D eigenvalue weighted by Crippen LogP contribution is -2.52. The molecule has 0 spiro atoms. The molecule has 0 saturated heterocycles. The Morgan fingerprint density at radius 3 is 2.72 bits per heavy atom. The predicted octanol–water partition coefficient (Wildman–Crippen LogP) is 2.28. The van der Waals surface area contributed by atoms with Crippen molar-refractivity contribution in [1.29, 1.82) is 5.26 Å². The first-order valence-electron chi connectivity index (χ1n) is 8.29. The Labute approximate surface area is 153 Å². The number of para-hydroxylation sites is 1. The number of benzene rings is 1.